The zero-order valence-corrected chi connectivity index (χ0v) is 11.9. The van der Waals surface area contributed by atoms with Gasteiger partial charge in [-0.2, -0.15) is 12.7 Å². The number of hydrogen-bond acceptors (Lipinski definition) is 3. The van der Waals surface area contributed by atoms with E-state index in [9.17, 15) is 22.0 Å². The predicted molar refractivity (Wildman–Crippen MR) is 71.1 cm³/mol. The summed E-state index contributed by atoms with van der Waals surface area (Å²) in [5.74, 6) is -3.04. The van der Waals surface area contributed by atoms with Gasteiger partial charge >= 0.3 is 0 Å². The van der Waals surface area contributed by atoms with Gasteiger partial charge in [-0.3, -0.25) is 4.79 Å². The molecule has 21 heavy (non-hydrogen) atoms. The van der Waals surface area contributed by atoms with Crippen molar-refractivity contribution in [3.63, 3.8) is 0 Å². The Labute approximate surface area is 120 Å². The lowest BCUT2D eigenvalue weighted by atomic mass is 9.72. The number of piperidine rings is 1. The Morgan fingerprint density at radius 1 is 1.24 bits per heavy atom. The Bertz CT molecular complexity index is 670. The fourth-order valence-electron chi connectivity index (χ4n) is 2.64. The van der Waals surface area contributed by atoms with E-state index in [2.05, 4.69) is 0 Å². The minimum absolute atomic E-state index is 0.0564. The maximum Gasteiger partial charge on any atom is 0.276 e. The molecule has 0 aliphatic carbocycles. The van der Waals surface area contributed by atoms with E-state index in [0.29, 0.717) is 0 Å². The van der Waals surface area contributed by atoms with Crippen molar-refractivity contribution >= 4 is 16.1 Å². The van der Waals surface area contributed by atoms with E-state index < -0.39 is 33.2 Å². The molecule has 1 fully saturated rings. The Hall–Kier alpha value is -1.58. The molecular weight excluding hydrogens is 304 g/mol. The Morgan fingerprint density at radius 2 is 1.81 bits per heavy atom. The highest BCUT2D eigenvalue weighted by Gasteiger charge is 2.45. The largest absolute Gasteiger partial charge is 0.369 e. The molecule has 0 unspecified atom stereocenters. The van der Waals surface area contributed by atoms with Crippen molar-refractivity contribution in [2.45, 2.75) is 18.3 Å². The van der Waals surface area contributed by atoms with Crippen LogP contribution in [0.3, 0.4) is 0 Å². The molecule has 1 aliphatic rings. The van der Waals surface area contributed by atoms with Crippen LogP contribution in [-0.2, 0) is 20.4 Å². The molecule has 1 saturated heterocycles. The van der Waals surface area contributed by atoms with Crippen LogP contribution in [0.5, 0.6) is 0 Å². The average molecular weight is 319 g/mol. The van der Waals surface area contributed by atoms with Gasteiger partial charge in [-0.05, 0) is 18.9 Å². The summed E-state index contributed by atoms with van der Waals surface area (Å²) in [7, 11) is -3.89. The smallest absolute Gasteiger partial charge is 0.276 e. The van der Waals surface area contributed by atoms with Crippen LogP contribution < -0.4 is 10.9 Å². The fraction of sp³-hybridized carbons (Fsp3) is 0.417. The number of rotatable bonds is 3. The topological polar surface area (TPSA) is 106 Å². The molecule has 2 rings (SSSR count). The van der Waals surface area contributed by atoms with Crippen LogP contribution in [0.2, 0.25) is 0 Å². The highest BCUT2D eigenvalue weighted by Crippen LogP contribution is 2.37. The van der Waals surface area contributed by atoms with Gasteiger partial charge in [0.05, 0.1) is 5.41 Å². The molecule has 1 aromatic rings. The van der Waals surface area contributed by atoms with Crippen molar-refractivity contribution < 1.29 is 22.0 Å². The van der Waals surface area contributed by atoms with Crippen LogP contribution in [0.25, 0.3) is 0 Å². The summed E-state index contributed by atoms with van der Waals surface area (Å²) in [6.45, 7) is -0.171. The number of amides is 1. The van der Waals surface area contributed by atoms with E-state index in [-0.39, 0.29) is 31.5 Å². The lowest BCUT2D eigenvalue weighted by molar-refractivity contribution is -0.125. The van der Waals surface area contributed by atoms with Crippen LogP contribution in [0.4, 0.5) is 8.78 Å². The molecule has 1 aliphatic heterocycles. The summed E-state index contributed by atoms with van der Waals surface area (Å²) in [5.41, 5.74) is 3.79. The van der Waals surface area contributed by atoms with Gasteiger partial charge in [0.15, 0.2) is 11.6 Å². The van der Waals surface area contributed by atoms with E-state index in [1.54, 1.807) is 0 Å². The van der Waals surface area contributed by atoms with Gasteiger partial charge in [-0.15, -0.1) is 0 Å². The molecule has 0 spiro atoms. The van der Waals surface area contributed by atoms with Crippen molar-refractivity contribution in [1.29, 1.82) is 0 Å². The van der Waals surface area contributed by atoms with Gasteiger partial charge in [0.1, 0.15) is 0 Å². The van der Waals surface area contributed by atoms with E-state index in [0.717, 1.165) is 10.4 Å². The molecule has 0 aromatic heterocycles. The van der Waals surface area contributed by atoms with Gasteiger partial charge in [-0.25, -0.2) is 13.9 Å². The first-order chi connectivity index (χ1) is 9.68. The first kappa shape index (κ1) is 15.8. The summed E-state index contributed by atoms with van der Waals surface area (Å²) in [6, 6.07) is 3.51. The Morgan fingerprint density at radius 3 is 2.29 bits per heavy atom. The lowest BCUT2D eigenvalue weighted by Crippen LogP contribution is -2.53. The first-order valence-electron chi connectivity index (χ1n) is 6.21. The van der Waals surface area contributed by atoms with Gasteiger partial charge in [0.25, 0.3) is 10.2 Å². The fourth-order valence-corrected chi connectivity index (χ4v) is 3.34. The highest BCUT2D eigenvalue weighted by molar-refractivity contribution is 7.86. The second-order valence-electron chi connectivity index (χ2n) is 4.99. The number of nitrogens with two attached hydrogens (primary N) is 2. The molecule has 4 N–H and O–H groups in total. The van der Waals surface area contributed by atoms with E-state index in [1.165, 1.54) is 12.1 Å². The maximum atomic E-state index is 14.0. The third-order valence-electron chi connectivity index (χ3n) is 3.87. The third-order valence-corrected chi connectivity index (χ3v) is 4.96. The van der Waals surface area contributed by atoms with E-state index in [1.807, 2.05) is 0 Å². The minimum atomic E-state index is -3.89. The second-order valence-corrected chi connectivity index (χ2v) is 6.54. The van der Waals surface area contributed by atoms with Crippen LogP contribution in [-0.4, -0.2) is 31.7 Å². The van der Waals surface area contributed by atoms with Gasteiger partial charge in [0, 0.05) is 18.7 Å². The van der Waals surface area contributed by atoms with Crippen molar-refractivity contribution in [1.82, 2.24) is 4.31 Å². The Kier molecular flexibility index (Phi) is 4.00. The molecular formula is C12H15F2N3O3S. The molecule has 0 radical (unpaired) electrons. The van der Waals surface area contributed by atoms with Gasteiger partial charge in [0.2, 0.25) is 5.91 Å². The highest BCUT2D eigenvalue weighted by atomic mass is 32.2. The molecule has 116 valence electrons. The zero-order chi connectivity index (χ0) is 15.8. The van der Waals surface area contributed by atoms with Crippen molar-refractivity contribution in [3.05, 3.63) is 35.4 Å². The van der Waals surface area contributed by atoms with E-state index >= 15 is 0 Å². The van der Waals surface area contributed by atoms with Crippen molar-refractivity contribution in [2.75, 3.05) is 13.1 Å². The van der Waals surface area contributed by atoms with Crippen LogP contribution >= 0.6 is 0 Å². The number of halogens is 2. The zero-order valence-electron chi connectivity index (χ0n) is 11.1. The number of benzene rings is 1. The molecule has 9 heteroatoms. The lowest BCUT2D eigenvalue weighted by Gasteiger charge is -2.38. The predicted octanol–water partition coefficient (Wildman–Crippen LogP) is -0.0128. The number of carbonyl (C=O) groups is 1. The standard InChI is InChI=1S/C12H15F2N3O3S/c13-9-3-1-2-8(10(9)14)12(11(15)18)4-6-17(7-5-12)21(16,19)20/h1-3H,4-7H2,(H2,15,18)(H2,16,19,20). The molecule has 0 atom stereocenters. The average Bonchev–Trinajstić information content (AvgIpc) is 2.40. The Balaban J connectivity index is 2.42. The van der Waals surface area contributed by atoms with Crippen LogP contribution in [0.1, 0.15) is 18.4 Å². The summed E-state index contributed by atoms with van der Waals surface area (Å²) in [5, 5.41) is 5.02. The number of primary amides is 1. The molecule has 1 heterocycles. The molecule has 1 aromatic carbocycles. The maximum absolute atomic E-state index is 14.0. The molecule has 1 amide bonds. The summed E-state index contributed by atoms with van der Waals surface area (Å²) >= 11 is 0. The molecule has 6 nitrogen and oxygen atoms in total. The van der Waals surface area contributed by atoms with Crippen molar-refractivity contribution in [3.8, 4) is 0 Å². The second kappa shape index (κ2) is 5.32. The summed E-state index contributed by atoms with van der Waals surface area (Å²) < 4.78 is 50.9. The SMILES string of the molecule is NC(=O)C1(c2cccc(F)c2F)CCN(S(N)(=O)=O)CC1. The monoisotopic (exact) mass is 319 g/mol. The summed E-state index contributed by atoms with van der Waals surface area (Å²) in [4.78, 5) is 11.8. The number of carbonyl (C=O) groups excluding carboxylic acids is 1. The normalized spacial score (nSPS) is 19.4. The van der Waals surface area contributed by atoms with Crippen molar-refractivity contribution in [2.24, 2.45) is 10.9 Å². The third kappa shape index (κ3) is 2.76. The first-order valence-corrected chi connectivity index (χ1v) is 7.71. The molecule has 0 saturated carbocycles. The quantitative estimate of drug-likeness (QED) is 0.818. The van der Waals surface area contributed by atoms with Crippen LogP contribution in [0.15, 0.2) is 18.2 Å². The van der Waals surface area contributed by atoms with E-state index in [4.69, 9.17) is 10.9 Å². The molecule has 0 bridgehead atoms. The van der Waals surface area contributed by atoms with Gasteiger partial charge < -0.3 is 5.73 Å². The minimum Gasteiger partial charge on any atom is -0.369 e. The summed E-state index contributed by atoms with van der Waals surface area (Å²) in [6.07, 6.45) is -0.113. The van der Waals surface area contributed by atoms with Gasteiger partial charge in [-0.1, -0.05) is 12.1 Å². The number of nitrogens with zero attached hydrogens (tertiary/aromatic N) is 1. The number of hydrogen-bond donors (Lipinski definition) is 2. The van der Waals surface area contributed by atoms with Crippen LogP contribution in [0, 0.1) is 11.6 Å².